The Bertz CT molecular complexity index is 965. The van der Waals surface area contributed by atoms with Gasteiger partial charge in [0.1, 0.15) is 12.4 Å². The zero-order valence-electron chi connectivity index (χ0n) is 17.6. The van der Waals surface area contributed by atoms with Crippen LogP contribution in [0.2, 0.25) is 19.1 Å². The summed E-state index contributed by atoms with van der Waals surface area (Å²) in [5.74, 6) is 0.713. The molecule has 0 fully saturated rings. The molecule has 0 aliphatic carbocycles. The molecule has 0 saturated carbocycles. The van der Waals surface area contributed by atoms with Crippen molar-refractivity contribution in [2.75, 3.05) is 6.61 Å². The largest absolute Gasteiger partial charge is 0.489 e. The molecule has 0 heterocycles. The molecule has 0 radical (unpaired) electrons. The average Bonchev–Trinajstić information content (AvgIpc) is 2.75. The van der Waals surface area contributed by atoms with E-state index >= 15 is 0 Å². The lowest BCUT2D eigenvalue weighted by molar-refractivity contribution is 0.0914. The van der Waals surface area contributed by atoms with Gasteiger partial charge in [0.15, 0.2) is 14.1 Å². The molecular formula is C25H30O3Si. The van der Waals surface area contributed by atoms with E-state index in [-0.39, 0.29) is 12.4 Å². The summed E-state index contributed by atoms with van der Waals surface area (Å²) in [4.78, 5) is 12.6. The lowest BCUT2D eigenvalue weighted by Gasteiger charge is -2.22. The number of Topliss-reactive ketones (excluding diaryl/α,β-unsaturated/α-hetero) is 1. The third-order valence-electron chi connectivity index (χ3n) is 5.10. The van der Waals surface area contributed by atoms with Crippen LogP contribution in [0.25, 0.3) is 10.8 Å². The van der Waals surface area contributed by atoms with Crippen LogP contribution >= 0.6 is 0 Å². The van der Waals surface area contributed by atoms with E-state index in [1.165, 1.54) is 10.8 Å². The standard InChI is InChI=1S/C25H30O3Si/c1-4-5-15-29(2,3)28-19-25(26)23-11-8-12-24(17-23)27-18-20-13-14-21-9-6-7-10-22(21)16-20/h6-14,16-17H,4-5,15,18-19H2,1-3H3. The molecule has 0 N–H and O–H groups in total. The van der Waals surface area contributed by atoms with Gasteiger partial charge in [-0.25, -0.2) is 0 Å². The minimum atomic E-state index is -1.77. The molecule has 152 valence electrons. The smallest absolute Gasteiger partial charge is 0.187 e. The van der Waals surface area contributed by atoms with Gasteiger partial charge in [0.2, 0.25) is 0 Å². The van der Waals surface area contributed by atoms with Gasteiger partial charge in [-0.05, 0) is 53.7 Å². The Morgan fingerprint density at radius 3 is 2.52 bits per heavy atom. The minimum Gasteiger partial charge on any atom is -0.489 e. The monoisotopic (exact) mass is 406 g/mol. The fraction of sp³-hybridized carbons (Fsp3) is 0.320. The summed E-state index contributed by atoms with van der Waals surface area (Å²) in [6, 6.07) is 23.1. The van der Waals surface area contributed by atoms with Gasteiger partial charge in [-0.2, -0.15) is 0 Å². The summed E-state index contributed by atoms with van der Waals surface area (Å²) in [6.07, 6.45) is 2.32. The number of rotatable bonds is 10. The van der Waals surface area contributed by atoms with Crippen molar-refractivity contribution in [1.29, 1.82) is 0 Å². The normalized spacial score (nSPS) is 11.6. The van der Waals surface area contributed by atoms with E-state index in [9.17, 15) is 4.79 Å². The number of carbonyl (C=O) groups is 1. The number of carbonyl (C=O) groups excluding carboxylic acids is 1. The number of fused-ring (bicyclic) bond motifs is 1. The fourth-order valence-electron chi connectivity index (χ4n) is 3.27. The Morgan fingerprint density at radius 1 is 0.931 bits per heavy atom. The first-order valence-electron chi connectivity index (χ1n) is 10.3. The van der Waals surface area contributed by atoms with Crippen molar-refractivity contribution in [2.24, 2.45) is 0 Å². The van der Waals surface area contributed by atoms with Crippen molar-refractivity contribution < 1.29 is 14.0 Å². The van der Waals surface area contributed by atoms with Crippen LogP contribution in [-0.2, 0) is 11.0 Å². The highest BCUT2D eigenvalue weighted by Crippen LogP contribution is 2.20. The van der Waals surface area contributed by atoms with Crippen molar-refractivity contribution in [3.63, 3.8) is 0 Å². The second-order valence-corrected chi connectivity index (χ2v) is 12.4. The quantitative estimate of drug-likeness (QED) is 0.280. The van der Waals surface area contributed by atoms with E-state index in [1.807, 2.05) is 36.4 Å². The maximum atomic E-state index is 12.6. The molecule has 3 nitrogen and oxygen atoms in total. The van der Waals surface area contributed by atoms with Crippen LogP contribution in [0.3, 0.4) is 0 Å². The fourth-order valence-corrected chi connectivity index (χ4v) is 5.14. The summed E-state index contributed by atoms with van der Waals surface area (Å²) in [5, 5.41) is 2.42. The molecule has 0 aromatic heterocycles. The van der Waals surface area contributed by atoms with Crippen LogP contribution in [0.1, 0.15) is 35.7 Å². The number of hydrogen-bond acceptors (Lipinski definition) is 3. The van der Waals surface area contributed by atoms with Gasteiger partial charge in [0.05, 0.1) is 6.61 Å². The van der Waals surface area contributed by atoms with Gasteiger partial charge >= 0.3 is 0 Å². The molecule has 0 unspecified atom stereocenters. The van der Waals surface area contributed by atoms with Crippen LogP contribution in [0.5, 0.6) is 5.75 Å². The third-order valence-corrected chi connectivity index (χ3v) is 7.59. The molecule has 3 aromatic carbocycles. The molecule has 0 bridgehead atoms. The summed E-state index contributed by atoms with van der Waals surface area (Å²) >= 11 is 0. The number of ketones is 1. The molecule has 0 saturated heterocycles. The zero-order chi connectivity index (χ0) is 20.7. The summed E-state index contributed by atoms with van der Waals surface area (Å²) in [6.45, 7) is 7.16. The number of unbranched alkanes of at least 4 members (excludes halogenated alkanes) is 1. The molecule has 29 heavy (non-hydrogen) atoms. The van der Waals surface area contributed by atoms with Gasteiger partial charge in [0, 0.05) is 5.56 Å². The zero-order valence-corrected chi connectivity index (χ0v) is 18.6. The predicted octanol–water partition coefficient (Wildman–Crippen LogP) is 6.62. The molecule has 4 heteroatoms. The summed E-state index contributed by atoms with van der Waals surface area (Å²) < 4.78 is 12.0. The Kier molecular flexibility index (Phi) is 7.23. The van der Waals surface area contributed by atoms with E-state index in [0.717, 1.165) is 24.4 Å². The third kappa shape index (κ3) is 6.28. The summed E-state index contributed by atoms with van der Waals surface area (Å²) in [7, 11) is -1.77. The van der Waals surface area contributed by atoms with Crippen LogP contribution in [-0.4, -0.2) is 20.7 Å². The van der Waals surface area contributed by atoms with Gasteiger partial charge < -0.3 is 9.16 Å². The number of hydrogen-bond donors (Lipinski definition) is 0. The molecule has 0 aliphatic rings. The van der Waals surface area contributed by atoms with E-state index in [0.29, 0.717) is 17.9 Å². The molecule has 3 aromatic rings. The topological polar surface area (TPSA) is 35.5 Å². The van der Waals surface area contributed by atoms with E-state index in [4.69, 9.17) is 9.16 Å². The molecule has 0 atom stereocenters. The molecule has 3 rings (SSSR count). The Labute approximate surface area is 174 Å². The Morgan fingerprint density at radius 2 is 1.72 bits per heavy atom. The molecule has 0 spiro atoms. The molecule has 0 aliphatic heterocycles. The number of benzene rings is 3. The van der Waals surface area contributed by atoms with Crippen LogP contribution < -0.4 is 4.74 Å². The van der Waals surface area contributed by atoms with Crippen molar-refractivity contribution in [3.8, 4) is 5.75 Å². The Hall–Kier alpha value is -2.43. The van der Waals surface area contributed by atoms with E-state index in [1.54, 1.807) is 0 Å². The van der Waals surface area contributed by atoms with Gasteiger partial charge in [-0.15, -0.1) is 0 Å². The highest BCUT2D eigenvalue weighted by atomic mass is 28.4. The van der Waals surface area contributed by atoms with E-state index < -0.39 is 8.32 Å². The van der Waals surface area contributed by atoms with Gasteiger partial charge in [-0.3, -0.25) is 4.79 Å². The highest BCUT2D eigenvalue weighted by Gasteiger charge is 2.23. The van der Waals surface area contributed by atoms with Crippen molar-refractivity contribution in [1.82, 2.24) is 0 Å². The summed E-state index contributed by atoms with van der Waals surface area (Å²) in [5.41, 5.74) is 1.74. The first-order valence-corrected chi connectivity index (χ1v) is 13.5. The van der Waals surface area contributed by atoms with Crippen molar-refractivity contribution >= 4 is 24.9 Å². The van der Waals surface area contributed by atoms with Crippen LogP contribution in [0.15, 0.2) is 66.7 Å². The van der Waals surface area contributed by atoms with Crippen LogP contribution in [0.4, 0.5) is 0 Å². The lowest BCUT2D eigenvalue weighted by Crippen LogP contribution is -2.32. The Balaban J connectivity index is 1.59. The number of ether oxygens (including phenoxy) is 1. The maximum absolute atomic E-state index is 12.6. The minimum absolute atomic E-state index is 0.0122. The molecule has 0 amide bonds. The highest BCUT2D eigenvalue weighted by molar-refractivity contribution is 6.71. The lowest BCUT2D eigenvalue weighted by atomic mass is 10.1. The first-order chi connectivity index (χ1) is 14.0. The predicted molar refractivity (Wildman–Crippen MR) is 122 cm³/mol. The van der Waals surface area contributed by atoms with Crippen molar-refractivity contribution in [2.45, 2.75) is 45.5 Å². The van der Waals surface area contributed by atoms with Crippen molar-refractivity contribution in [3.05, 3.63) is 77.9 Å². The van der Waals surface area contributed by atoms with Gasteiger partial charge in [0.25, 0.3) is 0 Å². The van der Waals surface area contributed by atoms with E-state index in [2.05, 4.69) is 50.3 Å². The maximum Gasteiger partial charge on any atom is 0.187 e. The second kappa shape index (κ2) is 9.86. The van der Waals surface area contributed by atoms with Gasteiger partial charge in [-0.1, -0.05) is 68.3 Å². The van der Waals surface area contributed by atoms with Crippen LogP contribution in [0, 0.1) is 0 Å². The first kappa shape index (κ1) is 21.3. The average molecular weight is 407 g/mol. The molecular weight excluding hydrogens is 376 g/mol. The SMILES string of the molecule is CCCC[Si](C)(C)OCC(=O)c1cccc(OCc2ccc3ccccc3c2)c1. The second-order valence-electron chi connectivity index (χ2n) is 8.07.